The zero-order valence-electron chi connectivity index (χ0n) is 6.25. The molecule has 0 saturated carbocycles. The van der Waals surface area contributed by atoms with E-state index < -0.39 is 18.5 Å². The van der Waals surface area contributed by atoms with Gasteiger partial charge in [-0.1, -0.05) is 6.07 Å². The van der Waals surface area contributed by atoms with Crippen molar-refractivity contribution in [2.75, 3.05) is 0 Å². The maximum Gasteiger partial charge on any atom is 0.337 e. The van der Waals surface area contributed by atoms with Crippen molar-refractivity contribution in [1.82, 2.24) is 0 Å². The first-order valence-electron chi connectivity index (χ1n) is 3.33. The van der Waals surface area contributed by atoms with E-state index in [-0.39, 0.29) is 4.88 Å². The lowest BCUT2D eigenvalue weighted by Gasteiger charge is -2.20. The third-order valence-corrected chi connectivity index (χ3v) is 2.39. The smallest absolute Gasteiger partial charge is 0.337 e. The zero-order valence-corrected chi connectivity index (χ0v) is 7.07. The molecule has 1 atom stereocenters. The number of hydrogen-bond acceptors (Lipinski definition) is 2. The number of hydrogen-bond donors (Lipinski definition) is 1. The minimum atomic E-state index is -4.38. The van der Waals surface area contributed by atoms with E-state index in [9.17, 15) is 17.6 Å². The minimum Gasteiger partial charge on any atom is -0.381 e. The van der Waals surface area contributed by atoms with E-state index in [2.05, 4.69) is 0 Å². The van der Waals surface area contributed by atoms with Crippen LogP contribution >= 0.6 is 11.3 Å². The summed E-state index contributed by atoms with van der Waals surface area (Å²) >= 11 is 0.812. The summed E-state index contributed by atoms with van der Waals surface area (Å²) in [6.07, 6.45) is -6.28. The highest BCUT2D eigenvalue weighted by molar-refractivity contribution is 7.10. The lowest BCUT2D eigenvalue weighted by Crippen LogP contribution is -2.33. The van der Waals surface area contributed by atoms with Crippen molar-refractivity contribution in [2.24, 2.45) is 0 Å². The van der Waals surface area contributed by atoms with Crippen LogP contribution in [0.25, 0.3) is 0 Å². The Hall–Kier alpha value is -0.620. The standard InChI is InChI=1S/C7H6F4OS/c8-6(9)7(10,11)5(12)4-2-1-3-13-4/h1-3,5-6,12H. The van der Waals surface area contributed by atoms with E-state index in [1.54, 1.807) is 0 Å². The molecule has 0 amide bonds. The first kappa shape index (κ1) is 10.5. The van der Waals surface area contributed by atoms with Gasteiger partial charge < -0.3 is 5.11 Å². The van der Waals surface area contributed by atoms with Gasteiger partial charge in [0.2, 0.25) is 0 Å². The third kappa shape index (κ3) is 2.00. The third-order valence-electron chi connectivity index (χ3n) is 1.47. The van der Waals surface area contributed by atoms with Crippen molar-refractivity contribution < 1.29 is 22.7 Å². The lowest BCUT2D eigenvalue weighted by atomic mass is 10.1. The van der Waals surface area contributed by atoms with Gasteiger partial charge in [-0.05, 0) is 11.4 Å². The van der Waals surface area contributed by atoms with Gasteiger partial charge in [0, 0.05) is 4.88 Å². The van der Waals surface area contributed by atoms with E-state index in [1.807, 2.05) is 0 Å². The molecule has 0 fully saturated rings. The van der Waals surface area contributed by atoms with Crippen molar-refractivity contribution in [3.05, 3.63) is 22.4 Å². The predicted octanol–water partition coefficient (Wildman–Crippen LogP) is 2.68. The first-order chi connectivity index (χ1) is 5.96. The van der Waals surface area contributed by atoms with Gasteiger partial charge in [-0.3, -0.25) is 0 Å². The van der Waals surface area contributed by atoms with Crippen LogP contribution in [0.1, 0.15) is 11.0 Å². The van der Waals surface area contributed by atoms with Crippen molar-refractivity contribution in [2.45, 2.75) is 18.5 Å². The molecular formula is C7H6F4OS. The maximum atomic E-state index is 12.5. The SMILES string of the molecule is OC(c1cccs1)C(F)(F)C(F)F. The molecule has 1 heterocycles. The van der Waals surface area contributed by atoms with E-state index in [4.69, 9.17) is 5.11 Å². The van der Waals surface area contributed by atoms with Crippen molar-refractivity contribution in [3.8, 4) is 0 Å². The largest absolute Gasteiger partial charge is 0.381 e. The summed E-state index contributed by atoms with van der Waals surface area (Å²) in [5.74, 6) is -4.38. The fourth-order valence-electron chi connectivity index (χ4n) is 0.756. The molecule has 74 valence electrons. The van der Waals surface area contributed by atoms with Crippen LogP contribution in [0.4, 0.5) is 17.6 Å². The second kappa shape index (κ2) is 3.63. The van der Waals surface area contributed by atoms with Crippen LogP contribution in [0.15, 0.2) is 17.5 Å². The number of thiophene rings is 1. The maximum absolute atomic E-state index is 12.5. The second-order valence-corrected chi connectivity index (χ2v) is 3.37. The Morgan fingerprint density at radius 2 is 2.00 bits per heavy atom. The molecule has 13 heavy (non-hydrogen) atoms. The monoisotopic (exact) mass is 214 g/mol. The molecule has 0 aliphatic heterocycles. The van der Waals surface area contributed by atoms with E-state index >= 15 is 0 Å². The molecule has 0 saturated heterocycles. The predicted molar refractivity (Wildman–Crippen MR) is 40.2 cm³/mol. The first-order valence-corrected chi connectivity index (χ1v) is 4.21. The van der Waals surface area contributed by atoms with E-state index in [0.29, 0.717) is 0 Å². The summed E-state index contributed by atoms with van der Waals surface area (Å²) in [6, 6.07) is 2.59. The van der Waals surface area contributed by atoms with Gasteiger partial charge in [0.05, 0.1) is 0 Å². The fraction of sp³-hybridized carbons (Fsp3) is 0.429. The Labute approximate surface area is 75.6 Å². The zero-order chi connectivity index (χ0) is 10.1. The van der Waals surface area contributed by atoms with E-state index in [0.717, 1.165) is 11.3 Å². The molecule has 1 aromatic heterocycles. The average Bonchev–Trinajstić information content (AvgIpc) is 2.54. The van der Waals surface area contributed by atoms with E-state index in [1.165, 1.54) is 17.5 Å². The van der Waals surface area contributed by atoms with Crippen LogP contribution in [0, 0.1) is 0 Å². The molecule has 0 aliphatic carbocycles. The fourth-order valence-corrected chi connectivity index (χ4v) is 1.51. The van der Waals surface area contributed by atoms with Crippen molar-refractivity contribution >= 4 is 11.3 Å². The number of rotatable bonds is 3. The van der Waals surface area contributed by atoms with Crippen molar-refractivity contribution in [3.63, 3.8) is 0 Å². The Morgan fingerprint density at radius 1 is 1.38 bits per heavy atom. The Kier molecular flexibility index (Phi) is 2.92. The molecule has 1 aromatic rings. The summed E-state index contributed by atoms with van der Waals surface area (Å²) < 4.78 is 48.5. The van der Waals surface area contributed by atoms with Crippen LogP contribution in [-0.4, -0.2) is 17.5 Å². The van der Waals surface area contributed by atoms with Crippen LogP contribution < -0.4 is 0 Å². The lowest BCUT2D eigenvalue weighted by molar-refractivity contribution is -0.192. The Balaban J connectivity index is 2.84. The molecule has 1 unspecified atom stereocenters. The number of halogens is 4. The van der Waals surface area contributed by atoms with Crippen LogP contribution in [-0.2, 0) is 0 Å². The molecule has 6 heteroatoms. The van der Waals surface area contributed by atoms with Gasteiger partial charge in [-0.25, -0.2) is 8.78 Å². The molecule has 1 rings (SSSR count). The Bertz CT molecular complexity index is 259. The molecule has 1 N–H and O–H groups in total. The minimum absolute atomic E-state index is 0.162. The molecule has 1 nitrogen and oxygen atoms in total. The summed E-state index contributed by atoms with van der Waals surface area (Å²) in [6.45, 7) is 0. The second-order valence-electron chi connectivity index (χ2n) is 2.39. The average molecular weight is 214 g/mol. The normalized spacial score (nSPS) is 14.9. The van der Waals surface area contributed by atoms with Crippen LogP contribution in [0.5, 0.6) is 0 Å². The molecule has 0 bridgehead atoms. The van der Waals surface area contributed by atoms with Gasteiger partial charge in [0.25, 0.3) is 0 Å². The highest BCUT2D eigenvalue weighted by Crippen LogP contribution is 2.37. The summed E-state index contributed by atoms with van der Waals surface area (Å²) in [5, 5.41) is 10.3. The summed E-state index contributed by atoms with van der Waals surface area (Å²) in [5.41, 5.74) is 0. The van der Waals surface area contributed by atoms with Gasteiger partial charge in [0.15, 0.2) is 6.10 Å². The molecule has 0 aromatic carbocycles. The number of alkyl halides is 4. The van der Waals surface area contributed by atoms with Crippen molar-refractivity contribution in [1.29, 1.82) is 0 Å². The topological polar surface area (TPSA) is 20.2 Å². The number of aliphatic hydroxyl groups excluding tert-OH is 1. The summed E-state index contributed by atoms with van der Waals surface area (Å²) in [4.78, 5) is -0.162. The highest BCUT2D eigenvalue weighted by atomic mass is 32.1. The van der Waals surface area contributed by atoms with Crippen LogP contribution in [0.2, 0.25) is 0 Å². The Morgan fingerprint density at radius 3 is 2.38 bits per heavy atom. The van der Waals surface area contributed by atoms with Gasteiger partial charge >= 0.3 is 12.3 Å². The quantitative estimate of drug-likeness (QED) is 0.767. The summed E-state index contributed by atoms with van der Waals surface area (Å²) in [7, 11) is 0. The molecule has 0 aliphatic rings. The van der Waals surface area contributed by atoms with Gasteiger partial charge in [0.1, 0.15) is 0 Å². The molecular weight excluding hydrogens is 208 g/mol. The number of aliphatic hydroxyl groups is 1. The van der Waals surface area contributed by atoms with Gasteiger partial charge in [-0.2, -0.15) is 8.78 Å². The van der Waals surface area contributed by atoms with Crippen LogP contribution in [0.3, 0.4) is 0 Å². The van der Waals surface area contributed by atoms with Gasteiger partial charge in [-0.15, -0.1) is 11.3 Å². The molecule has 0 spiro atoms. The highest BCUT2D eigenvalue weighted by Gasteiger charge is 2.49. The molecule has 0 radical (unpaired) electrons.